The van der Waals surface area contributed by atoms with Gasteiger partial charge in [0.2, 0.25) is 5.91 Å². The first-order valence-electron chi connectivity index (χ1n) is 8.97. The summed E-state index contributed by atoms with van der Waals surface area (Å²) in [5.74, 6) is -0.379. The van der Waals surface area contributed by atoms with Gasteiger partial charge in [-0.15, -0.1) is 0 Å². The van der Waals surface area contributed by atoms with Crippen LogP contribution in [0.4, 0.5) is 0 Å². The summed E-state index contributed by atoms with van der Waals surface area (Å²) in [5, 5.41) is 0. The fraction of sp³-hybridized carbons (Fsp3) is 0.550. The first-order valence-corrected chi connectivity index (χ1v) is 8.97. The molecule has 0 aromatic heterocycles. The first-order chi connectivity index (χ1) is 12.0. The third-order valence-electron chi connectivity index (χ3n) is 4.81. The Morgan fingerprint density at radius 1 is 1.04 bits per heavy atom. The minimum Gasteiger partial charge on any atom is -0.469 e. The van der Waals surface area contributed by atoms with Crippen molar-refractivity contribution in [3.8, 4) is 0 Å². The second-order valence-corrected chi connectivity index (χ2v) is 6.64. The molecule has 1 fully saturated rings. The molecule has 0 atom stereocenters. The van der Waals surface area contributed by atoms with Crippen LogP contribution in [0.2, 0.25) is 0 Å². The second-order valence-electron chi connectivity index (χ2n) is 6.64. The Balaban J connectivity index is 1.92. The number of methoxy groups -OCH3 is 1. The van der Waals surface area contributed by atoms with E-state index < -0.39 is 0 Å². The number of ether oxygens (including phenoxy) is 1. The molecule has 1 aromatic rings. The van der Waals surface area contributed by atoms with E-state index in [0.29, 0.717) is 12.1 Å². The fourth-order valence-corrected chi connectivity index (χ4v) is 3.29. The molecule has 1 aromatic carbocycles. The van der Waals surface area contributed by atoms with Crippen LogP contribution in [-0.2, 0) is 14.3 Å². The molecule has 2 rings (SSSR count). The normalized spacial score (nSPS) is 14.3. The van der Waals surface area contributed by atoms with Crippen LogP contribution in [0.3, 0.4) is 0 Å². The minimum absolute atomic E-state index is 0.0207. The van der Waals surface area contributed by atoms with Crippen molar-refractivity contribution in [2.45, 2.75) is 57.9 Å². The van der Waals surface area contributed by atoms with Gasteiger partial charge in [0.1, 0.15) is 0 Å². The summed E-state index contributed by atoms with van der Waals surface area (Å²) < 4.78 is 4.68. The molecule has 136 valence electrons. The molecule has 0 spiro atoms. The number of aryl methyl sites for hydroxylation is 1. The summed E-state index contributed by atoms with van der Waals surface area (Å²) >= 11 is 0. The number of esters is 1. The fourth-order valence-electron chi connectivity index (χ4n) is 3.29. The number of rotatable bonds is 8. The number of amides is 1. The van der Waals surface area contributed by atoms with E-state index in [1.54, 1.807) is 17.0 Å². The Hall–Kier alpha value is -2.17. The van der Waals surface area contributed by atoms with Crippen LogP contribution in [0.15, 0.2) is 24.3 Å². The highest BCUT2D eigenvalue weighted by atomic mass is 16.5. The highest BCUT2D eigenvalue weighted by molar-refractivity contribution is 5.98. The zero-order chi connectivity index (χ0) is 18.2. The van der Waals surface area contributed by atoms with Crippen molar-refractivity contribution in [3.05, 3.63) is 35.4 Å². The molecule has 0 bridgehead atoms. The Bertz CT molecular complexity index is 603. The zero-order valence-electron chi connectivity index (χ0n) is 15.1. The lowest BCUT2D eigenvalue weighted by atomic mass is 10.0. The molecule has 5 nitrogen and oxygen atoms in total. The van der Waals surface area contributed by atoms with Crippen LogP contribution >= 0.6 is 0 Å². The average molecular weight is 345 g/mol. The maximum absolute atomic E-state index is 12.6. The summed E-state index contributed by atoms with van der Waals surface area (Å²) in [6.07, 6.45) is 4.74. The van der Waals surface area contributed by atoms with E-state index in [0.717, 1.165) is 31.2 Å². The van der Waals surface area contributed by atoms with E-state index in [9.17, 15) is 14.4 Å². The maximum Gasteiger partial charge on any atom is 0.307 e. The number of Topliss-reactive ketones (excluding diaryl/α,β-unsaturated/α-hetero) is 1. The van der Waals surface area contributed by atoms with Crippen LogP contribution in [0.25, 0.3) is 0 Å². The molecule has 0 N–H and O–H groups in total. The number of hydrogen-bond donors (Lipinski definition) is 0. The molecule has 0 aliphatic heterocycles. The van der Waals surface area contributed by atoms with E-state index >= 15 is 0 Å². The smallest absolute Gasteiger partial charge is 0.307 e. The van der Waals surface area contributed by atoms with Gasteiger partial charge in [0.15, 0.2) is 5.78 Å². The maximum atomic E-state index is 12.6. The SMILES string of the molecule is COC(=O)CCN(C(=O)CCC(=O)c1ccc(C)cc1)C1CCCC1. The third kappa shape index (κ3) is 5.69. The molecule has 1 aliphatic rings. The van der Waals surface area contributed by atoms with Crippen molar-refractivity contribution in [1.29, 1.82) is 0 Å². The molecule has 0 heterocycles. The van der Waals surface area contributed by atoms with Gasteiger partial charge in [-0.1, -0.05) is 42.7 Å². The minimum atomic E-state index is -0.313. The van der Waals surface area contributed by atoms with E-state index in [4.69, 9.17) is 0 Å². The molecule has 1 saturated carbocycles. The molecular weight excluding hydrogens is 318 g/mol. The summed E-state index contributed by atoms with van der Waals surface area (Å²) in [6, 6.07) is 7.58. The van der Waals surface area contributed by atoms with E-state index in [1.807, 2.05) is 19.1 Å². The monoisotopic (exact) mass is 345 g/mol. The van der Waals surface area contributed by atoms with Gasteiger partial charge in [0, 0.05) is 31.0 Å². The number of carbonyl (C=O) groups excluding carboxylic acids is 3. The van der Waals surface area contributed by atoms with Crippen molar-refractivity contribution >= 4 is 17.7 Å². The lowest BCUT2D eigenvalue weighted by Gasteiger charge is -2.28. The average Bonchev–Trinajstić information content (AvgIpc) is 3.14. The van der Waals surface area contributed by atoms with Gasteiger partial charge >= 0.3 is 5.97 Å². The van der Waals surface area contributed by atoms with Gasteiger partial charge < -0.3 is 9.64 Å². The summed E-state index contributed by atoms with van der Waals surface area (Å²) in [7, 11) is 1.35. The largest absolute Gasteiger partial charge is 0.469 e. The van der Waals surface area contributed by atoms with E-state index in [-0.39, 0.29) is 43.0 Å². The Morgan fingerprint density at radius 2 is 1.68 bits per heavy atom. The Kier molecular flexibility index (Phi) is 7.16. The van der Waals surface area contributed by atoms with E-state index in [1.165, 1.54) is 7.11 Å². The standard InChI is InChI=1S/C20H27NO4/c1-15-7-9-16(10-8-15)18(22)11-12-19(23)21(14-13-20(24)25-2)17-5-3-4-6-17/h7-10,17H,3-6,11-14H2,1-2H3. The molecule has 5 heteroatoms. The van der Waals surface area contributed by atoms with Gasteiger partial charge in [-0.3, -0.25) is 14.4 Å². The quantitative estimate of drug-likeness (QED) is 0.536. The molecule has 0 saturated heterocycles. The molecule has 1 amide bonds. The summed E-state index contributed by atoms with van der Waals surface area (Å²) in [5.41, 5.74) is 1.74. The molecule has 0 unspecified atom stereocenters. The highest BCUT2D eigenvalue weighted by Gasteiger charge is 2.27. The van der Waals surface area contributed by atoms with Crippen LogP contribution < -0.4 is 0 Å². The number of hydrogen-bond acceptors (Lipinski definition) is 4. The van der Waals surface area contributed by atoms with Gasteiger partial charge in [-0.25, -0.2) is 0 Å². The van der Waals surface area contributed by atoms with Crippen LogP contribution in [0.1, 0.15) is 60.9 Å². The van der Waals surface area contributed by atoms with Crippen molar-refractivity contribution in [3.63, 3.8) is 0 Å². The Morgan fingerprint density at radius 3 is 2.28 bits per heavy atom. The predicted molar refractivity (Wildman–Crippen MR) is 95.3 cm³/mol. The van der Waals surface area contributed by atoms with Crippen molar-refractivity contribution in [2.24, 2.45) is 0 Å². The number of nitrogens with zero attached hydrogens (tertiary/aromatic N) is 1. The lowest BCUT2D eigenvalue weighted by Crippen LogP contribution is -2.40. The van der Waals surface area contributed by atoms with Gasteiger partial charge in [0.25, 0.3) is 0 Å². The molecular formula is C20H27NO4. The number of ketones is 1. The van der Waals surface area contributed by atoms with Gasteiger partial charge in [-0.2, -0.15) is 0 Å². The Labute approximate surface area is 149 Å². The summed E-state index contributed by atoms with van der Waals surface area (Å²) in [6.45, 7) is 2.34. The van der Waals surface area contributed by atoms with Crippen LogP contribution in [0, 0.1) is 6.92 Å². The van der Waals surface area contributed by atoms with Gasteiger partial charge in [0.05, 0.1) is 13.5 Å². The molecule has 0 radical (unpaired) electrons. The lowest BCUT2D eigenvalue weighted by molar-refractivity contribution is -0.142. The third-order valence-corrected chi connectivity index (χ3v) is 4.81. The van der Waals surface area contributed by atoms with Crippen LogP contribution in [-0.4, -0.2) is 42.3 Å². The van der Waals surface area contributed by atoms with Crippen molar-refractivity contribution in [2.75, 3.05) is 13.7 Å². The van der Waals surface area contributed by atoms with Crippen molar-refractivity contribution in [1.82, 2.24) is 4.90 Å². The van der Waals surface area contributed by atoms with Crippen molar-refractivity contribution < 1.29 is 19.1 Å². The predicted octanol–water partition coefficient (Wildman–Crippen LogP) is 3.29. The highest BCUT2D eigenvalue weighted by Crippen LogP contribution is 2.24. The van der Waals surface area contributed by atoms with Gasteiger partial charge in [-0.05, 0) is 19.8 Å². The summed E-state index contributed by atoms with van der Waals surface area (Å²) in [4.78, 5) is 38.1. The second kappa shape index (κ2) is 9.35. The number of carbonyl (C=O) groups is 3. The molecule has 25 heavy (non-hydrogen) atoms. The molecule has 1 aliphatic carbocycles. The van der Waals surface area contributed by atoms with E-state index in [2.05, 4.69) is 4.74 Å². The topological polar surface area (TPSA) is 63.7 Å². The zero-order valence-corrected chi connectivity index (χ0v) is 15.1. The number of benzene rings is 1. The first kappa shape index (κ1) is 19.2. The van der Waals surface area contributed by atoms with Crippen LogP contribution in [0.5, 0.6) is 0 Å².